The zero-order valence-corrected chi connectivity index (χ0v) is 10.2. The molecular formula is C15H16FNO. The number of nitrogens with one attached hydrogen (secondary N) is 1. The summed E-state index contributed by atoms with van der Waals surface area (Å²) >= 11 is 0. The van der Waals surface area contributed by atoms with Crippen LogP contribution in [0.1, 0.15) is 31.2 Å². The third kappa shape index (κ3) is 2.24. The Balaban J connectivity index is 2.33. The molecule has 0 spiro atoms. The zero-order chi connectivity index (χ0) is 13.0. The third-order valence-electron chi connectivity index (χ3n) is 3.62. The van der Waals surface area contributed by atoms with Crippen LogP contribution in [-0.2, 0) is 10.2 Å². The van der Waals surface area contributed by atoms with Crippen molar-refractivity contribution in [1.82, 2.24) is 5.32 Å². The van der Waals surface area contributed by atoms with E-state index in [1.807, 2.05) is 6.07 Å². The molecule has 0 aromatic heterocycles. The van der Waals surface area contributed by atoms with Gasteiger partial charge in [0, 0.05) is 0 Å². The molecule has 0 saturated heterocycles. The quantitative estimate of drug-likeness (QED) is 0.814. The number of amides is 1. The number of hydrogen-bond donors (Lipinski definition) is 1. The first-order chi connectivity index (χ1) is 8.69. The van der Waals surface area contributed by atoms with E-state index in [0.717, 1.165) is 31.2 Å². The smallest absolute Gasteiger partial charge is 0.231 e. The van der Waals surface area contributed by atoms with Crippen molar-refractivity contribution >= 4 is 5.91 Å². The molecule has 2 rings (SSSR count). The second-order valence-corrected chi connectivity index (χ2v) is 4.69. The summed E-state index contributed by atoms with van der Waals surface area (Å²) < 4.78 is 13.3. The molecule has 0 radical (unpaired) electrons. The number of rotatable bonds is 3. The molecule has 3 heteroatoms. The number of carbonyl (C=O) groups is 1. The third-order valence-corrected chi connectivity index (χ3v) is 3.62. The normalized spacial score (nSPS) is 17.1. The molecule has 1 aromatic rings. The van der Waals surface area contributed by atoms with E-state index >= 15 is 0 Å². The van der Waals surface area contributed by atoms with Crippen molar-refractivity contribution in [3.05, 3.63) is 35.6 Å². The van der Waals surface area contributed by atoms with Crippen molar-refractivity contribution in [3.8, 4) is 12.3 Å². The molecule has 1 aliphatic carbocycles. The van der Waals surface area contributed by atoms with Gasteiger partial charge in [0.15, 0.2) is 0 Å². The van der Waals surface area contributed by atoms with E-state index in [9.17, 15) is 9.18 Å². The molecule has 1 fully saturated rings. The van der Waals surface area contributed by atoms with Crippen LogP contribution in [-0.4, -0.2) is 12.5 Å². The first kappa shape index (κ1) is 12.6. The fourth-order valence-electron chi connectivity index (χ4n) is 2.71. The van der Waals surface area contributed by atoms with Gasteiger partial charge in [0.25, 0.3) is 0 Å². The van der Waals surface area contributed by atoms with Crippen LogP contribution in [0.15, 0.2) is 24.3 Å². The molecule has 1 aliphatic rings. The molecule has 0 aliphatic heterocycles. The van der Waals surface area contributed by atoms with Crippen LogP contribution in [0.5, 0.6) is 0 Å². The monoisotopic (exact) mass is 245 g/mol. The molecule has 0 atom stereocenters. The summed E-state index contributed by atoms with van der Waals surface area (Å²) in [4.78, 5) is 12.3. The Morgan fingerprint density at radius 3 is 2.78 bits per heavy atom. The summed E-state index contributed by atoms with van der Waals surface area (Å²) in [5.74, 6) is 2.01. The highest BCUT2D eigenvalue weighted by atomic mass is 19.1. The molecule has 18 heavy (non-hydrogen) atoms. The average molecular weight is 245 g/mol. The van der Waals surface area contributed by atoms with Crippen LogP contribution in [0.25, 0.3) is 0 Å². The molecule has 0 unspecified atom stereocenters. The maximum atomic E-state index is 13.3. The van der Waals surface area contributed by atoms with Crippen molar-refractivity contribution in [2.45, 2.75) is 31.1 Å². The van der Waals surface area contributed by atoms with E-state index < -0.39 is 5.41 Å². The summed E-state index contributed by atoms with van der Waals surface area (Å²) in [5.41, 5.74) is 0.161. The molecule has 0 heterocycles. The van der Waals surface area contributed by atoms with Gasteiger partial charge >= 0.3 is 0 Å². The predicted molar refractivity (Wildman–Crippen MR) is 68.4 cm³/mol. The zero-order valence-electron chi connectivity index (χ0n) is 10.2. The number of carbonyl (C=O) groups excluding carboxylic acids is 1. The summed E-state index contributed by atoms with van der Waals surface area (Å²) in [7, 11) is 0. The lowest BCUT2D eigenvalue weighted by molar-refractivity contribution is -0.126. The van der Waals surface area contributed by atoms with Crippen molar-refractivity contribution < 1.29 is 9.18 Å². The minimum absolute atomic E-state index is 0.0800. The van der Waals surface area contributed by atoms with Gasteiger partial charge in [0.2, 0.25) is 5.91 Å². The minimum atomic E-state index is -0.598. The van der Waals surface area contributed by atoms with Gasteiger partial charge in [0.05, 0.1) is 12.0 Å². The summed E-state index contributed by atoms with van der Waals surface area (Å²) in [6.07, 6.45) is 8.64. The van der Waals surface area contributed by atoms with E-state index in [1.54, 1.807) is 6.07 Å². The molecule has 1 aromatic carbocycles. The highest BCUT2D eigenvalue weighted by Crippen LogP contribution is 2.41. The van der Waals surface area contributed by atoms with Gasteiger partial charge in [-0.2, -0.15) is 0 Å². The molecule has 94 valence electrons. The Morgan fingerprint density at radius 1 is 1.44 bits per heavy atom. The van der Waals surface area contributed by atoms with Gasteiger partial charge in [-0.1, -0.05) is 30.9 Å². The first-order valence-corrected chi connectivity index (χ1v) is 6.17. The van der Waals surface area contributed by atoms with E-state index in [4.69, 9.17) is 6.42 Å². The summed E-state index contributed by atoms with van der Waals surface area (Å²) in [5, 5.41) is 2.74. The highest BCUT2D eigenvalue weighted by Gasteiger charge is 2.42. The average Bonchev–Trinajstić information content (AvgIpc) is 2.86. The molecule has 2 nitrogen and oxygen atoms in total. The molecule has 1 amide bonds. The molecule has 1 N–H and O–H groups in total. The van der Waals surface area contributed by atoms with Crippen molar-refractivity contribution in [2.75, 3.05) is 6.54 Å². The van der Waals surface area contributed by atoms with Gasteiger partial charge in [-0.3, -0.25) is 4.79 Å². The summed E-state index contributed by atoms with van der Waals surface area (Å²) in [6.45, 7) is 0.218. The fourth-order valence-corrected chi connectivity index (χ4v) is 2.71. The fraction of sp³-hybridized carbons (Fsp3) is 0.400. The van der Waals surface area contributed by atoms with Crippen LogP contribution in [0.3, 0.4) is 0 Å². The molecule has 1 saturated carbocycles. The van der Waals surface area contributed by atoms with E-state index in [0.29, 0.717) is 0 Å². The second-order valence-electron chi connectivity index (χ2n) is 4.69. The van der Waals surface area contributed by atoms with E-state index in [1.165, 1.54) is 12.1 Å². The van der Waals surface area contributed by atoms with Gasteiger partial charge in [-0.05, 0) is 30.5 Å². The minimum Gasteiger partial charge on any atom is -0.344 e. The van der Waals surface area contributed by atoms with Gasteiger partial charge in [-0.25, -0.2) is 4.39 Å². The Labute approximate surface area is 107 Å². The lowest BCUT2D eigenvalue weighted by Gasteiger charge is -2.28. The van der Waals surface area contributed by atoms with E-state index in [2.05, 4.69) is 11.2 Å². The van der Waals surface area contributed by atoms with Crippen molar-refractivity contribution in [1.29, 1.82) is 0 Å². The first-order valence-electron chi connectivity index (χ1n) is 6.17. The number of halogens is 1. The maximum Gasteiger partial charge on any atom is 0.231 e. The Kier molecular flexibility index (Phi) is 3.66. The second kappa shape index (κ2) is 5.22. The maximum absolute atomic E-state index is 13.3. The van der Waals surface area contributed by atoms with Crippen molar-refractivity contribution in [2.24, 2.45) is 0 Å². The van der Waals surface area contributed by atoms with E-state index in [-0.39, 0.29) is 18.3 Å². The standard InChI is InChI=1S/C15H16FNO/c1-2-10-17-14(18)15(8-3-4-9-15)12-6-5-7-13(16)11-12/h1,5-7,11H,3-4,8-10H2,(H,17,18). The topological polar surface area (TPSA) is 29.1 Å². The molecule has 0 bridgehead atoms. The Hall–Kier alpha value is -1.82. The number of benzene rings is 1. The largest absolute Gasteiger partial charge is 0.344 e. The lowest BCUT2D eigenvalue weighted by Crippen LogP contribution is -2.42. The number of hydrogen-bond acceptors (Lipinski definition) is 1. The van der Waals surface area contributed by atoms with Crippen LogP contribution >= 0.6 is 0 Å². The van der Waals surface area contributed by atoms with Gasteiger partial charge in [0.1, 0.15) is 5.82 Å². The molecular weight excluding hydrogens is 229 g/mol. The van der Waals surface area contributed by atoms with Gasteiger partial charge < -0.3 is 5.32 Å². The Bertz CT molecular complexity index is 484. The van der Waals surface area contributed by atoms with Gasteiger partial charge in [-0.15, -0.1) is 6.42 Å². The summed E-state index contributed by atoms with van der Waals surface area (Å²) in [6, 6.07) is 6.33. The van der Waals surface area contributed by atoms with Crippen LogP contribution in [0, 0.1) is 18.2 Å². The predicted octanol–water partition coefficient (Wildman–Crippen LogP) is 2.39. The van der Waals surface area contributed by atoms with Crippen LogP contribution in [0.2, 0.25) is 0 Å². The lowest BCUT2D eigenvalue weighted by atomic mass is 9.78. The van der Waals surface area contributed by atoms with Crippen LogP contribution in [0.4, 0.5) is 4.39 Å². The Morgan fingerprint density at radius 2 is 2.17 bits per heavy atom. The van der Waals surface area contributed by atoms with Crippen LogP contribution < -0.4 is 5.32 Å². The van der Waals surface area contributed by atoms with Crippen molar-refractivity contribution in [3.63, 3.8) is 0 Å². The highest BCUT2D eigenvalue weighted by molar-refractivity contribution is 5.88. The SMILES string of the molecule is C#CCNC(=O)C1(c2cccc(F)c2)CCCC1. The number of terminal acetylenes is 1.